The van der Waals surface area contributed by atoms with Crippen molar-refractivity contribution in [3.05, 3.63) is 28.4 Å². The van der Waals surface area contributed by atoms with E-state index in [1.54, 1.807) is 11.1 Å². The molecular weight excluding hydrogens is 172 g/mol. The lowest BCUT2D eigenvalue weighted by molar-refractivity contribution is -0.385. The number of nitrogens with zero attached hydrogens (tertiary/aromatic N) is 3. The molecule has 1 rings (SSSR count). The molecule has 0 radical (unpaired) electrons. The summed E-state index contributed by atoms with van der Waals surface area (Å²) in [5.41, 5.74) is 2.86. The molecule has 6 nitrogen and oxygen atoms in total. The Hall–Kier alpha value is -1.69. The van der Waals surface area contributed by atoms with Gasteiger partial charge in [-0.3, -0.25) is 10.1 Å². The van der Waals surface area contributed by atoms with Gasteiger partial charge in [-0.2, -0.15) is 0 Å². The zero-order chi connectivity index (χ0) is 9.84. The lowest BCUT2D eigenvalue weighted by Gasteiger charge is -2.11. The van der Waals surface area contributed by atoms with Gasteiger partial charge in [0.15, 0.2) is 0 Å². The van der Waals surface area contributed by atoms with Crippen molar-refractivity contribution in [1.82, 2.24) is 9.99 Å². The molecule has 1 heterocycles. The molecule has 1 aromatic heterocycles. The Labute approximate surface area is 75.3 Å². The molecule has 0 fully saturated rings. The molecule has 0 spiro atoms. The number of hydrazine groups is 1. The van der Waals surface area contributed by atoms with Crippen LogP contribution in [0.4, 0.5) is 11.5 Å². The molecule has 13 heavy (non-hydrogen) atoms. The highest BCUT2D eigenvalue weighted by molar-refractivity contribution is 5.39. The lowest BCUT2D eigenvalue weighted by atomic mass is 10.4. The number of hydrogen-bond donors (Lipinski definition) is 1. The molecule has 0 amide bonds. The minimum atomic E-state index is -0.480. The van der Waals surface area contributed by atoms with Gasteiger partial charge in [-0.15, -0.1) is 0 Å². The highest BCUT2D eigenvalue weighted by Gasteiger charge is 2.04. The summed E-state index contributed by atoms with van der Waals surface area (Å²) in [7, 11) is 3.62. The average Bonchev–Trinajstić information content (AvgIpc) is 2.04. The Bertz CT molecular complexity index is 296. The van der Waals surface area contributed by atoms with Crippen LogP contribution in [0.3, 0.4) is 0 Å². The first-order valence-electron chi connectivity index (χ1n) is 3.64. The highest BCUT2D eigenvalue weighted by atomic mass is 16.6. The van der Waals surface area contributed by atoms with Crippen molar-refractivity contribution in [3.63, 3.8) is 0 Å². The van der Waals surface area contributed by atoms with Gasteiger partial charge in [0, 0.05) is 20.2 Å². The van der Waals surface area contributed by atoms with Crippen LogP contribution in [0.1, 0.15) is 0 Å². The third-order valence-corrected chi connectivity index (χ3v) is 1.30. The minimum Gasteiger partial charge on any atom is -0.304 e. The molecule has 0 saturated carbocycles. The fourth-order valence-corrected chi connectivity index (χ4v) is 0.789. The second-order valence-electron chi connectivity index (χ2n) is 2.66. The monoisotopic (exact) mass is 182 g/mol. The summed E-state index contributed by atoms with van der Waals surface area (Å²) in [5, 5.41) is 12.0. The Kier molecular flexibility index (Phi) is 2.76. The molecule has 1 aromatic rings. The third kappa shape index (κ3) is 2.68. The van der Waals surface area contributed by atoms with Crippen LogP contribution in [0.15, 0.2) is 18.3 Å². The second kappa shape index (κ2) is 3.81. The van der Waals surface area contributed by atoms with Crippen molar-refractivity contribution in [2.24, 2.45) is 0 Å². The average molecular weight is 182 g/mol. The van der Waals surface area contributed by atoms with Crippen LogP contribution in [0.2, 0.25) is 0 Å². The molecule has 0 aromatic carbocycles. The van der Waals surface area contributed by atoms with Gasteiger partial charge in [0.25, 0.3) is 5.69 Å². The van der Waals surface area contributed by atoms with E-state index < -0.39 is 4.92 Å². The normalized spacial score (nSPS) is 10.1. The molecule has 70 valence electrons. The first-order chi connectivity index (χ1) is 6.09. The quantitative estimate of drug-likeness (QED) is 0.555. The summed E-state index contributed by atoms with van der Waals surface area (Å²) >= 11 is 0. The molecule has 0 atom stereocenters. The summed E-state index contributed by atoms with van der Waals surface area (Å²) in [6.45, 7) is 0. The number of nitrogens with one attached hydrogen (secondary N) is 1. The minimum absolute atomic E-state index is 0.00990. The van der Waals surface area contributed by atoms with Gasteiger partial charge in [-0.05, 0) is 6.07 Å². The maximum atomic E-state index is 10.3. The lowest BCUT2D eigenvalue weighted by Crippen LogP contribution is -2.20. The summed E-state index contributed by atoms with van der Waals surface area (Å²) < 4.78 is 0. The summed E-state index contributed by atoms with van der Waals surface area (Å²) in [4.78, 5) is 13.6. The highest BCUT2D eigenvalue weighted by Crippen LogP contribution is 2.11. The van der Waals surface area contributed by atoms with Crippen molar-refractivity contribution in [2.45, 2.75) is 0 Å². The van der Waals surface area contributed by atoms with Gasteiger partial charge in [0.1, 0.15) is 12.0 Å². The molecule has 0 aliphatic rings. The van der Waals surface area contributed by atoms with E-state index in [1.165, 1.54) is 12.3 Å². The van der Waals surface area contributed by atoms with Gasteiger partial charge in [-0.1, -0.05) is 0 Å². The van der Waals surface area contributed by atoms with Crippen LogP contribution in [0.5, 0.6) is 0 Å². The number of rotatable bonds is 3. The van der Waals surface area contributed by atoms with Gasteiger partial charge in [0.2, 0.25) is 0 Å². The molecular formula is C7H10N4O2. The fraction of sp³-hybridized carbons (Fsp3) is 0.286. The third-order valence-electron chi connectivity index (χ3n) is 1.30. The Morgan fingerprint density at radius 1 is 1.54 bits per heavy atom. The zero-order valence-electron chi connectivity index (χ0n) is 7.39. The van der Waals surface area contributed by atoms with E-state index >= 15 is 0 Å². The maximum absolute atomic E-state index is 10.3. The van der Waals surface area contributed by atoms with Crippen molar-refractivity contribution in [1.29, 1.82) is 0 Å². The van der Waals surface area contributed by atoms with Crippen LogP contribution in [-0.2, 0) is 0 Å². The van der Waals surface area contributed by atoms with E-state index in [9.17, 15) is 10.1 Å². The number of nitro groups is 1. The van der Waals surface area contributed by atoms with Gasteiger partial charge >= 0.3 is 0 Å². The van der Waals surface area contributed by atoms with E-state index in [0.29, 0.717) is 5.82 Å². The number of anilines is 1. The molecule has 6 heteroatoms. The summed E-state index contributed by atoms with van der Waals surface area (Å²) in [6.07, 6.45) is 1.21. The van der Waals surface area contributed by atoms with Crippen molar-refractivity contribution in [3.8, 4) is 0 Å². The Morgan fingerprint density at radius 3 is 2.62 bits per heavy atom. The predicted octanol–water partition coefficient (Wildman–Crippen LogP) is 0.878. The SMILES string of the molecule is CN(C)Nc1ccc([N+](=O)[O-])cn1. The molecule has 0 saturated heterocycles. The molecule has 1 N–H and O–H groups in total. The van der Waals surface area contributed by atoms with E-state index in [2.05, 4.69) is 10.4 Å². The largest absolute Gasteiger partial charge is 0.304 e. The van der Waals surface area contributed by atoms with E-state index in [-0.39, 0.29) is 5.69 Å². The fourth-order valence-electron chi connectivity index (χ4n) is 0.789. The molecule has 0 unspecified atom stereocenters. The Balaban J connectivity index is 2.75. The van der Waals surface area contributed by atoms with E-state index in [0.717, 1.165) is 0 Å². The van der Waals surface area contributed by atoms with Crippen molar-refractivity contribution < 1.29 is 4.92 Å². The van der Waals surface area contributed by atoms with Crippen LogP contribution >= 0.6 is 0 Å². The van der Waals surface area contributed by atoms with Crippen LogP contribution < -0.4 is 5.43 Å². The smallest absolute Gasteiger partial charge is 0.287 e. The van der Waals surface area contributed by atoms with E-state index in [1.807, 2.05) is 14.1 Å². The van der Waals surface area contributed by atoms with Gasteiger partial charge < -0.3 is 5.43 Å². The summed E-state index contributed by atoms with van der Waals surface area (Å²) in [6, 6.07) is 2.96. The van der Waals surface area contributed by atoms with Gasteiger partial charge in [0.05, 0.1) is 4.92 Å². The zero-order valence-corrected chi connectivity index (χ0v) is 7.39. The van der Waals surface area contributed by atoms with Crippen molar-refractivity contribution in [2.75, 3.05) is 19.5 Å². The van der Waals surface area contributed by atoms with Crippen LogP contribution in [0, 0.1) is 10.1 Å². The topological polar surface area (TPSA) is 71.3 Å². The predicted molar refractivity (Wildman–Crippen MR) is 48.2 cm³/mol. The number of pyridine rings is 1. The van der Waals surface area contributed by atoms with Crippen molar-refractivity contribution >= 4 is 11.5 Å². The summed E-state index contributed by atoms with van der Waals surface area (Å²) in [5.74, 6) is 0.579. The van der Waals surface area contributed by atoms with Crippen LogP contribution in [-0.4, -0.2) is 29.0 Å². The first kappa shape index (κ1) is 9.40. The molecule has 0 aliphatic heterocycles. The first-order valence-corrected chi connectivity index (χ1v) is 3.64. The maximum Gasteiger partial charge on any atom is 0.287 e. The Morgan fingerprint density at radius 2 is 2.23 bits per heavy atom. The van der Waals surface area contributed by atoms with Gasteiger partial charge in [-0.25, -0.2) is 9.99 Å². The second-order valence-corrected chi connectivity index (χ2v) is 2.66. The standard InChI is InChI=1S/C7H10N4O2/c1-10(2)9-7-4-3-6(5-8-7)11(12)13/h3-5H,1-2H3,(H,8,9). The molecule has 0 bridgehead atoms. The van der Waals surface area contributed by atoms with Crippen LogP contribution in [0.25, 0.3) is 0 Å². The number of hydrogen-bond acceptors (Lipinski definition) is 5. The molecule has 0 aliphatic carbocycles. The van der Waals surface area contributed by atoms with E-state index in [4.69, 9.17) is 0 Å². The number of aromatic nitrogens is 1.